The number of Topliss-reactive ketones (excluding diaryl/α,β-unsaturated/α-hetero) is 2. The van der Waals surface area contributed by atoms with Crippen LogP contribution >= 0.6 is 0 Å². The summed E-state index contributed by atoms with van der Waals surface area (Å²) in [6, 6.07) is 0. The maximum Gasteiger partial charge on any atom is 0.159 e. The molecule has 0 spiro atoms. The smallest absolute Gasteiger partial charge is 0.159 e. The molecule has 2 nitrogen and oxygen atoms in total. The molecule has 0 saturated heterocycles. The van der Waals surface area contributed by atoms with Gasteiger partial charge in [-0.3, -0.25) is 9.59 Å². The quantitative estimate of drug-likeness (QED) is 0.568. The first-order valence-electron chi connectivity index (χ1n) is 4.95. The minimum absolute atomic E-state index is 0.0324. The summed E-state index contributed by atoms with van der Waals surface area (Å²) >= 11 is 0. The minimum atomic E-state index is -0.0324. The van der Waals surface area contributed by atoms with E-state index in [1.165, 1.54) is 0 Å². The van der Waals surface area contributed by atoms with Crippen LogP contribution in [0.15, 0.2) is 11.1 Å². The van der Waals surface area contributed by atoms with Crippen LogP contribution in [0.3, 0.4) is 0 Å². The van der Waals surface area contributed by atoms with Crippen LogP contribution in [0.5, 0.6) is 0 Å². The van der Waals surface area contributed by atoms with Gasteiger partial charge >= 0.3 is 0 Å². The van der Waals surface area contributed by atoms with Gasteiger partial charge in [-0.15, -0.1) is 0 Å². The van der Waals surface area contributed by atoms with Crippen molar-refractivity contribution in [2.24, 2.45) is 5.92 Å². The molecule has 2 aliphatic carbocycles. The van der Waals surface area contributed by atoms with Crippen LogP contribution in [-0.4, -0.2) is 11.6 Å². The topological polar surface area (TPSA) is 34.1 Å². The fourth-order valence-electron chi connectivity index (χ4n) is 2.42. The predicted octanol–water partition coefficient (Wildman–Crippen LogP) is 2.04. The van der Waals surface area contributed by atoms with E-state index in [2.05, 4.69) is 0 Å². The summed E-state index contributed by atoms with van der Waals surface area (Å²) in [5.74, 6) is 0.485. The second kappa shape index (κ2) is 3.09. The zero-order valence-corrected chi connectivity index (χ0v) is 7.93. The van der Waals surface area contributed by atoms with Crippen molar-refractivity contribution in [2.45, 2.75) is 39.0 Å². The van der Waals surface area contributed by atoms with Crippen LogP contribution in [0, 0.1) is 5.92 Å². The molecule has 0 heterocycles. The zero-order valence-electron chi connectivity index (χ0n) is 7.93. The molecule has 0 N–H and O–H groups in total. The highest BCUT2D eigenvalue weighted by atomic mass is 16.1. The summed E-state index contributed by atoms with van der Waals surface area (Å²) in [6.07, 6.45) is 3.76. The Balaban J connectivity index is 2.39. The fraction of sp³-hybridized carbons (Fsp3) is 0.636. The van der Waals surface area contributed by atoms with Crippen molar-refractivity contribution in [3.8, 4) is 0 Å². The molecule has 0 aromatic rings. The average molecular weight is 178 g/mol. The van der Waals surface area contributed by atoms with Gasteiger partial charge < -0.3 is 0 Å². The predicted molar refractivity (Wildman–Crippen MR) is 49.3 cm³/mol. The van der Waals surface area contributed by atoms with E-state index in [1.807, 2.05) is 6.92 Å². The van der Waals surface area contributed by atoms with E-state index < -0.39 is 0 Å². The number of carbonyl (C=O) groups excluding carboxylic acids is 2. The molecule has 13 heavy (non-hydrogen) atoms. The normalized spacial score (nSPS) is 29.2. The van der Waals surface area contributed by atoms with Crippen molar-refractivity contribution in [1.29, 1.82) is 0 Å². The molecule has 2 heteroatoms. The number of hydrogen-bond donors (Lipinski definition) is 0. The van der Waals surface area contributed by atoms with E-state index in [0.29, 0.717) is 12.8 Å². The highest BCUT2D eigenvalue weighted by Gasteiger charge is 2.34. The Bertz CT molecular complexity index is 299. The van der Waals surface area contributed by atoms with Gasteiger partial charge in [0.15, 0.2) is 5.78 Å². The first-order chi connectivity index (χ1) is 6.20. The zero-order chi connectivity index (χ0) is 9.42. The van der Waals surface area contributed by atoms with Crippen molar-refractivity contribution in [3.63, 3.8) is 0 Å². The summed E-state index contributed by atoms with van der Waals surface area (Å²) in [4.78, 5) is 23.2. The second-order valence-electron chi connectivity index (χ2n) is 4.03. The third-order valence-electron chi connectivity index (χ3n) is 3.13. The first kappa shape index (κ1) is 8.67. The molecule has 0 aromatic heterocycles. The van der Waals surface area contributed by atoms with Crippen molar-refractivity contribution in [1.82, 2.24) is 0 Å². The highest BCUT2D eigenvalue weighted by molar-refractivity contribution is 6.04. The van der Waals surface area contributed by atoms with Gasteiger partial charge in [0, 0.05) is 24.3 Å². The molecule has 0 amide bonds. The highest BCUT2D eigenvalue weighted by Crippen LogP contribution is 2.36. The van der Waals surface area contributed by atoms with Gasteiger partial charge in [0.05, 0.1) is 0 Å². The molecule has 2 rings (SSSR count). The lowest BCUT2D eigenvalue weighted by molar-refractivity contribution is -0.122. The SMILES string of the molecule is CC1=C2C(=O)CCCC(=O)C2CC1. The van der Waals surface area contributed by atoms with E-state index in [4.69, 9.17) is 0 Å². The molecular weight excluding hydrogens is 164 g/mol. The van der Waals surface area contributed by atoms with Crippen LogP contribution in [-0.2, 0) is 9.59 Å². The van der Waals surface area contributed by atoms with Gasteiger partial charge in [-0.1, -0.05) is 5.57 Å². The number of rotatable bonds is 0. The van der Waals surface area contributed by atoms with Crippen LogP contribution < -0.4 is 0 Å². The Labute approximate surface area is 78.0 Å². The molecule has 1 saturated carbocycles. The van der Waals surface area contributed by atoms with Gasteiger partial charge in [-0.25, -0.2) is 0 Å². The van der Waals surface area contributed by atoms with Gasteiger partial charge in [0.25, 0.3) is 0 Å². The Morgan fingerprint density at radius 1 is 1.15 bits per heavy atom. The lowest BCUT2D eigenvalue weighted by Crippen LogP contribution is -2.14. The van der Waals surface area contributed by atoms with Crippen LogP contribution in [0.2, 0.25) is 0 Å². The van der Waals surface area contributed by atoms with Gasteiger partial charge in [-0.2, -0.15) is 0 Å². The molecule has 0 aliphatic heterocycles. The number of ketones is 2. The van der Waals surface area contributed by atoms with E-state index in [0.717, 1.165) is 30.4 Å². The molecule has 0 radical (unpaired) electrons. The molecule has 1 unspecified atom stereocenters. The van der Waals surface area contributed by atoms with Crippen molar-refractivity contribution in [2.75, 3.05) is 0 Å². The summed E-state index contributed by atoms with van der Waals surface area (Å²) in [7, 11) is 0. The third kappa shape index (κ3) is 1.34. The van der Waals surface area contributed by atoms with Crippen molar-refractivity contribution in [3.05, 3.63) is 11.1 Å². The Hall–Kier alpha value is -0.920. The standard InChI is InChI=1S/C11H14O2/c1-7-5-6-8-9(12)3-2-4-10(13)11(7)8/h8H,2-6H2,1H3. The van der Waals surface area contributed by atoms with Gasteiger partial charge in [0.2, 0.25) is 0 Å². The number of allylic oxidation sites excluding steroid dienone is 2. The largest absolute Gasteiger partial charge is 0.299 e. The molecular formula is C11H14O2. The molecule has 70 valence electrons. The summed E-state index contributed by atoms with van der Waals surface area (Å²) in [5.41, 5.74) is 2.02. The van der Waals surface area contributed by atoms with Crippen LogP contribution in [0.25, 0.3) is 0 Å². The number of fused-ring (bicyclic) bond motifs is 1. The Morgan fingerprint density at radius 2 is 1.92 bits per heavy atom. The molecule has 0 bridgehead atoms. The van der Waals surface area contributed by atoms with E-state index in [9.17, 15) is 9.59 Å². The molecule has 2 aliphatic rings. The average Bonchev–Trinajstić information content (AvgIpc) is 2.40. The molecule has 0 aromatic carbocycles. The van der Waals surface area contributed by atoms with Crippen molar-refractivity contribution < 1.29 is 9.59 Å². The summed E-state index contributed by atoms with van der Waals surface area (Å²) in [5, 5.41) is 0. The van der Waals surface area contributed by atoms with Crippen molar-refractivity contribution >= 4 is 11.6 Å². The Morgan fingerprint density at radius 3 is 2.69 bits per heavy atom. The van der Waals surface area contributed by atoms with E-state index in [-0.39, 0.29) is 17.5 Å². The number of hydrogen-bond acceptors (Lipinski definition) is 2. The lowest BCUT2D eigenvalue weighted by Gasteiger charge is -2.07. The molecule has 1 fully saturated rings. The van der Waals surface area contributed by atoms with E-state index in [1.54, 1.807) is 0 Å². The third-order valence-corrected chi connectivity index (χ3v) is 3.13. The summed E-state index contributed by atoms with van der Waals surface area (Å²) < 4.78 is 0. The molecule has 1 atom stereocenters. The monoisotopic (exact) mass is 178 g/mol. The second-order valence-corrected chi connectivity index (χ2v) is 4.03. The van der Waals surface area contributed by atoms with Gasteiger partial charge in [0.1, 0.15) is 5.78 Å². The maximum absolute atomic E-state index is 11.6. The minimum Gasteiger partial charge on any atom is -0.299 e. The van der Waals surface area contributed by atoms with Crippen LogP contribution in [0.4, 0.5) is 0 Å². The first-order valence-corrected chi connectivity index (χ1v) is 4.95. The van der Waals surface area contributed by atoms with E-state index >= 15 is 0 Å². The summed E-state index contributed by atoms with van der Waals surface area (Å²) in [6.45, 7) is 1.99. The lowest BCUT2D eigenvalue weighted by atomic mass is 9.94. The van der Waals surface area contributed by atoms with Crippen LogP contribution in [0.1, 0.15) is 39.0 Å². The Kier molecular flexibility index (Phi) is 2.06. The van der Waals surface area contributed by atoms with Gasteiger partial charge in [-0.05, 0) is 26.2 Å². The maximum atomic E-state index is 11.6. The fourth-order valence-corrected chi connectivity index (χ4v) is 2.42. The number of carbonyl (C=O) groups is 2.